The van der Waals surface area contributed by atoms with Crippen LogP contribution in [0.25, 0.3) is 5.76 Å². The molecule has 38 heavy (non-hydrogen) atoms. The zero-order valence-electron chi connectivity index (χ0n) is 20.8. The number of aromatic hydroxyl groups is 1. The quantitative estimate of drug-likeness (QED) is 0.299. The highest BCUT2D eigenvalue weighted by Gasteiger charge is 2.65. The highest BCUT2D eigenvalue weighted by atomic mass is 16.5. The maximum Gasteiger partial charge on any atom is 0.265 e. The number of ketones is 2. The number of nitrogens with two attached hydrogens (primary N) is 1. The van der Waals surface area contributed by atoms with Crippen molar-refractivity contribution in [1.82, 2.24) is 10.1 Å². The molecule has 0 saturated heterocycles. The molecule has 3 aliphatic rings. The van der Waals surface area contributed by atoms with E-state index in [1.807, 2.05) is 30.3 Å². The van der Waals surface area contributed by atoms with Gasteiger partial charge < -0.3 is 30.3 Å². The van der Waals surface area contributed by atoms with Gasteiger partial charge in [-0.05, 0) is 55.2 Å². The Labute approximate surface area is 217 Å². The molecule has 2 aromatic carbocycles. The lowest BCUT2D eigenvalue weighted by Gasteiger charge is -2.49. The van der Waals surface area contributed by atoms with Gasteiger partial charge in [0.25, 0.3) is 5.88 Å². The molecule has 6 rings (SSSR count). The number of phenols is 1. The Morgan fingerprint density at radius 2 is 1.87 bits per heavy atom. The summed E-state index contributed by atoms with van der Waals surface area (Å²) in [4.78, 5) is 29.7. The van der Waals surface area contributed by atoms with Gasteiger partial charge in [0.2, 0.25) is 11.6 Å². The Hall–Kier alpha value is -4.15. The summed E-state index contributed by atoms with van der Waals surface area (Å²) in [6, 6.07) is 11.5. The van der Waals surface area contributed by atoms with Gasteiger partial charge >= 0.3 is 0 Å². The lowest BCUT2D eigenvalue weighted by Crippen LogP contribution is -2.63. The second-order valence-electron chi connectivity index (χ2n) is 10.4. The number of carbonyl (C=O) groups is 2. The topological polar surface area (TPSA) is 159 Å². The van der Waals surface area contributed by atoms with Gasteiger partial charge in [-0.3, -0.25) is 14.5 Å². The monoisotopic (exact) mass is 517 g/mol. The number of nitrogen functional groups attached to an aromatic ring is 1. The largest absolute Gasteiger partial charge is 0.507 e. The third kappa shape index (κ3) is 3.30. The van der Waals surface area contributed by atoms with Crippen molar-refractivity contribution < 1.29 is 34.2 Å². The molecule has 10 heteroatoms. The highest BCUT2D eigenvalue weighted by Crippen LogP contribution is 2.56. The second-order valence-corrected chi connectivity index (χ2v) is 10.4. The van der Waals surface area contributed by atoms with Crippen molar-refractivity contribution >= 4 is 23.0 Å². The summed E-state index contributed by atoms with van der Waals surface area (Å²) in [6.45, 7) is 0.0999. The molecule has 0 amide bonds. The number of aliphatic hydroxyl groups is 2. The van der Waals surface area contributed by atoms with Crippen LogP contribution in [0.1, 0.15) is 45.3 Å². The number of aliphatic hydroxyl groups excluding tert-OH is 1. The van der Waals surface area contributed by atoms with Gasteiger partial charge in [0.05, 0.1) is 11.6 Å². The van der Waals surface area contributed by atoms with Crippen molar-refractivity contribution in [3.63, 3.8) is 0 Å². The van der Waals surface area contributed by atoms with Crippen molar-refractivity contribution in [3.05, 3.63) is 76.1 Å². The smallest absolute Gasteiger partial charge is 0.265 e. The fourth-order valence-corrected chi connectivity index (χ4v) is 6.30. The summed E-state index contributed by atoms with van der Waals surface area (Å²) in [5, 5.41) is 37.6. The normalized spacial score (nSPS) is 26.1. The van der Waals surface area contributed by atoms with Crippen LogP contribution in [0.5, 0.6) is 11.6 Å². The van der Waals surface area contributed by atoms with E-state index < -0.39 is 40.8 Å². The van der Waals surface area contributed by atoms with Crippen LogP contribution in [0.15, 0.2) is 52.6 Å². The van der Waals surface area contributed by atoms with Crippen LogP contribution in [0.2, 0.25) is 0 Å². The molecule has 0 spiro atoms. The van der Waals surface area contributed by atoms with E-state index >= 15 is 0 Å². The van der Waals surface area contributed by atoms with Crippen LogP contribution in [0.3, 0.4) is 0 Å². The molecule has 196 valence electrons. The SMILES string of the molecule is CN(C)[C@@H]1c2onc(OCc3ccccc3)c2C(=O)[C@@]2(O)C(=O)C3=C(O)c4c(O)cc(N)cc4C[C@H]3C[C@@H]12. The number of hydrogen-bond donors (Lipinski definition) is 4. The number of nitrogens with zero attached hydrogens (tertiary/aromatic N) is 2. The maximum absolute atomic E-state index is 14.0. The van der Waals surface area contributed by atoms with E-state index in [4.69, 9.17) is 15.0 Å². The standard InChI is InChI=1S/C28H27N3O7/c1-31(2)22-17-10-15-8-14-9-16(29)11-18(32)19(14)23(33)20(15)25(34)28(17,36)26(35)21-24(22)38-30-27(21)37-12-13-6-4-3-5-7-13/h3-7,9,11,15,17,22,32-33,36H,8,10,12,29H2,1-2H3/t15-,17-,22-,28-/m0/s1. The maximum atomic E-state index is 14.0. The van der Waals surface area contributed by atoms with Gasteiger partial charge in [-0.15, -0.1) is 0 Å². The van der Waals surface area contributed by atoms with Crippen LogP contribution in [0.4, 0.5) is 5.69 Å². The number of aromatic nitrogens is 1. The number of fused-ring (bicyclic) bond motifs is 4. The Kier molecular flexibility index (Phi) is 5.37. The zero-order chi connectivity index (χ0) is 26.9. The molecule has 1 heterocycles. The predicted molar refractivity (Wildman–Crippen MR) is 135 cm³/mol. The van der Waals surface area contributed by atoms with Crippen molar-refractivity contribution in [2.45, 2.75) is 31.1 Å². The average Bonchev–Trinajstić information content (AvgIpc) is 3.28. The highest BCUT2D eigenvalue weighted by molar-refractivity contribution is 6.26. The van der Waals surface area contributed by atoms with E-state index in [1.165, 1.54) is 6.07 Å². The lowest BCUT2D eigenvalue weighted by atomic mass is 9.57. The minimum atomic E-state index is -2.49. The van der Waals surface area contributed by atoms with Crippen LogP contribution >= 0.6 is 0 Å². The number of Topliss-reactive ketones (excluding diaryl/α,β-unsaturated/α-hetero) is 2. The third-order valence-corrected chi connectivity index (χ3v) is 7.94. The summed E-state index contributed by atoms with van der Waals surface area (Å²) in [6.07, 6.45) is 0.500. The van der Waals surface area contributed by atoms with E-state index in [9.17, 15) is 24.9 Å². The van der Waals surface area contributed by atoms with E-state index in [-0.39, 0.29) is 47.1 Å². The molecule has 0 aliphatic heterocycles. The molecule has 0 bridgehead atoms. The number of rotatable bonds is 4. The number of phenolic OH excluding ortho intramolecular Hbond substituents is 1. The molecule has 10 nitrogen and oxygen atoms in total. The third-order valence-electron chi connectivity index (χ3n) is 7.94. The molecular formula is C28H27N3O7. The van der Waals surface area contributed by atoms with Crippen LogP contribution in [-0.2, 0) is 17.8 Å². The van der Waals surface area contributed by atoms with Crippen LogP contribution in [-0.4, -0.2) is 56.6 Å². The predicted octanol–water partition coefficient (Wildman–Crippen LogP) is 2.80. The summed E-state index contributed by atoms with van der Waals surface area (Å²) in [5.41, 5.74) is 5.09. The van der Waals surface area contributed by atoms with Gasteiger partial charge in [-0.25, -0.2) is 0 Å². The first-order valence-electron chi connectivity index (χ1n) is 12.3. The fraction of sp³-hybridized carbons (Fsp3) is 0.321. The summed E-state index contributed by atoms with van der Waals surface area (Å²) >= 11 is 0. The Bertz CT molecular complexity index is 1510. The Morgan fingerprint density at radius 1 is 1.13 bits per heavy atom. The van der Waals surface area contributed by atoms with Gasteiger partial charge in [0, 0.05) is 23.2 Å². The van der Waals surface area contributed by atoms with Crippen molar-refractivity contribution in [3.8, 4) is 11.6 Å². The summed E-state index contributed by atoms with van der Waals surface area (Å²) in [5.74, 6) is -3.76. The molecule has 0 unspecified atom stereocenters. The van der Waals surface area contributed by atoms with Gasteiger partial charge in [0.1, 0.15) is 23.7 Å². The van der Waals surface area contributed by atoms with Crippen molar-refractivity contribution in [2.75, 3.05) is 19.8 Å². The van der Waals surface area contributed by atoms with E-state index in [0.717, 1.165) is 5.56 Å². The van der Waals surface area contributed by atoms with Crippen LogP contribution < -0.4 is 10.5 Å². The molecule has 0 radical (unpaired) electrons. The number of hydrogen-bond acceptors (Lipinski definition) is 10. The number of benzene rings is 2. The first-order valence-corrected chi connectivity index (χ1v) is 12.3. The van der Waals surface area contributed by atoms with Gasteiger partial charge in [-0.1, -0.05) is 30.3 Å². The number of ether oxygens (including phenoxy) is 1. The first kappa shape index (κ1) is 24.2. The molecule has 1 aromatic heterocycles. The minimum absolute atomic E-state index is 0.0752. The lowest BCUT2D eigenvalue weighted by molar-refractivity contribution is -0.142. The Morgan fingerprint density at radius 3 is 2.58 bits per heavy atom. The summed E-state index contributed by atoms with van der Waals surface area (Å²) in [7, 11) is 3.53. The molecule has 4 atom stereocenters. The molecule has 5 N–H and O–H groups in total. The summed E-state index contributed by atoms with van der Waals surface area (Å²) < 4.78 is 11.4. The molecular weight excluding hydrogens is 490 g/mol. The van der Waals surface area contributed by atoms with E-state index in [1.54, 1.807) is 25.1 Å². The average molecular weight is 518 g/mol. The van der Waals surface area contributed by atoms with Crippen LogP contribution in [0, 0.1) is 11.8 Å². The fourth-order valence-electron chi connectivity index (χ4n) is 6.30. The second kappa shape index (κ2) is 8.44. The van der Waals surface area contributed by atoms with E-state index in [2.05, 4.69) is 5.16 Å². The Balaban J connectivity index is 1.46. The van der Waals surface area contributed by atoms with Crippen molar-refractivity contribution in [2.24, 2.45) is 11.8 Å². The molecule has 1 fully saturated rings. The van der Waals surface area contributed by atoms with Gasteiger partial charge in [0.15, 0.2) is 11.4 Å². The zero-order valence-corrected chi connectivity index (χ0v) is 20.8. The molecule has 3 aromatic rings. The van der Waals surface area contributed by atoms with Crippen molar-refractivity contribution in [1.29, 1.82) is 0 Å². The van der Waals surface area contributed by atoms with E-state index in [0.29, 0.717) is 17.7 Å². The molecule has 3 aliphatic carbocycles. The first-order chi connectivity index (χ1) is 18.1. The minimum Gasteiger partial charge on any atom is -0.507 e. The number of carbonyl (C=O) groups excluding carboxylic acids is 2. The van der Waals surface area contributed by atoms with Gasteiger partial charge in [-0.2, -0.15) is 0 Å². The number of anilines is 1. The molecule has 1 saturated carbocycles.